The molecule has 1 aromatic heterocycles. The fraction of sp³-hybridized carbons (Fsp3) is 0.391. The van der Waals surface area contributed by atoms with Gasteiger partial charge in [-0.1, -0.05) is 18.2 Å². The van der Waals surface area contributed by atoms with Crippen molar-refractivity contribution in [2.24, 2.45) is 0 Å². The third-order valence-electron chi connectivity index (χ3n) is 6.16. The number of nitrogens with one attached hydrogen (secondary N) is 1. The molecule has 2 aromatic carbocycles. The SMILES string of the molecule is Cc1c(CNc2nncc3ccc(N4CCN(C)C(CF)C4)cc23)cccc1C(F)(F)F. The number of anilines is 2. The van der Waals surface area contributed by atoms with E-state index < -0.39 is 18.4 Å². The van der Waals surface area contributed by atoms with Gasteiger partial charge in [0.2, 0.25) is 0 Å². The van der Waals surface area contributed by atoms with Crippen molar-refractivity contribution in [1.82, 2.24) is 15.1 Å². The predicted molar refractivity (Wildman–Crippen MR) is 118 cm³/mol. The van der Waals surface area contributed by atoms with Gasteiger partial charge in [0.25, 0.3) is 0 Å². The van der Waals surface area contributed by atoms with Crippen molar-refractivity contribution in [1.29, 1.82) is 0 Å². The van der Waals surface area contributed by atoms with Crippen molar-refractivity contribution in [3.63, 3.8) is 0 Å². The summed E-state index contributed by atoms with van der Waals surface area (Å²) in [6.07, 6.45) is -2.75. The number of rotatable bonds is 5. The zero-order chi connectivity index (χ0) is 22.9. The Morgan fingerprint density at radius 2 is 1.97 bits per heavy atom. The molecule has 0 aliphatic carbocycles. The quantitative estimate of drug-likeness (QED) is 0.577. The molecule has 0 bridgehead atoms. The fourth-order valence-corrected chi connectivity index (χ4v) is 4.10. The Morgan fingerprint density at radius 1 is 1.16 bits per heavy atom. The summed E-state index contributed by atoms with van der Waals surface area (Å²) in [7, 11) is 1.93. The number of halogens is 4. The van der Waals surface area contributed by atoms with E-state index in [2.05, 4.69) is 20.4 Å². The first kappa shape index (κ1) is 22.3. The Kier molecular flexibility index (Phi) is 6.19. The topological polar surface area (TPSA) is 44.3 Å². The van der Waals surface area contributed by atoms with Crippen LogP contribution in [0.3, 0.4) is 0 Å². The first-order valence-electron chi connectivity index (χ1n) is 10.4. The third kappa shape index (κ3) is 4.48. The van der Waals surface area contributed by atoms with E-state index in [-0.39, 0.29) is 18.2 Å². The molecule has 1 aliphatic heterocycles. The van der Waals surface area contributed by atoms with Gasteiger partial charge in [0.1, 0.15) is 6.67 Å². The second-order valence-corrected chi connectivity index (χ2v) is 8.14. The highest BCUT2D eigenvalue weighted by atomic mass is 19.4. The number of aromatic nitrogens is 2. The van der Waals surface area contributed by atoms with Gasteiger partial charge in [-0.2, -0.15) is 18.3 Å². The Labute approximate surface area is 184 Å². The molecule has 1 saturated heterocycles. The highest BCUT2D eigenvalue weighted by molar-refractivity contribution is 5.93. The van der Waals surface area contributed by atoms with E-state index in [1.807, 2.05) is 30.1 Å². The van der Waals surface area contributed by atoms with Crippen molar-refractivity contribution < 1.29 is 17.6 Å². The van der Waals surface area contributed by atoms with Crippen LogP contribution in [0.25, 0.3) is 10.8 Å². The maximum Gasteiger partial charge on any atom is 0.416 e. The fourth-order valence-electron chi connectivity index (χ4n) is 4.10. The molecule has 0 saturated carbocycles. The molecule has 1 fully saturated rings. The third-order valence-corrected chi connectivity index (χ3v) is 6.16. The molecule has 4 rings (SSSR count). The summed E-state index contributed by atoms with van der Waals surface area (Å²) in [6, 6.07) is 9.90. The van der Waals surface area contributed by atoms with Gasteiger partial charge < -0.3 is 10.2 Å². The standard InChI is InChI=1S/C23H25F4N5/c1-15-16(4-3-5-21(15)23(25,26)27)12-28-22-20-10-18(7-6-17(20)13-29-30-22)32-9-8-31(2)19(11-24)14-32/h3-7,10,13,19H,8-9,11-12,14H2,1-2H3,(H,28,30). The summed E-state index contributed by atoms with van der Waals surface area (Å²) < 4.78 is 53.0. The van der Waals surface area contributed by atoms with E-state index in [0.29, 0.717) is 17.9 Å². The maximum atomic E-state index is 13.4. The van der Waals surface area contributed by atoms with Crippen LogP contribution in [0.2, 0.25) is 0 Å². The van der Waals surface area contributed by atoms with E-state index in [1.54, 1.807) is 12.3 Å². The lowest BCUT2D eigenvalue weighted by atomic mass is 10.0. The normalized spacial score (nSPS) is 17.7. The number of alkyl halides is 4. The monoisotopic (exact) mass is 447 g/mol. The molecule has 1 aliphatic rings. The van der Waals surface area contributed by atoms with E-state index in [9.17, 15) is 17.6 Å². The zero-order valence-electron chi connectivity index (χ0n) is 18.0. The van der Waals surface area contributed by atoms with E-state index in [4.69, 9.17) is 0 Å². The van der Waals surface area contributed by atoms with Crippen LogP contribution in [-0.2, 0) is 12.7 Å². The summed E-state index contributed by atoms with van der Waals surface area (Å²) >= 11 is 0. The maximum absolute atomic E-state index is 13.4. The van der Waals surface area contributed by atoms with Crippen molar-refractivity contribution in [2.45, 2.75) is 25.7 Å². The van der Waals surface area contributed by atoms with Crippen LogP contribution < -0.4 is 10.2 Å². The van der Waals surface area contributed by atoms with Crippen LogP contribution in [0.1, 0.15) is 16.7 Å². The van der Waals surface area contributed by atoms with Gasteiger partial charge in [-0.05, 0) is 43.3 Å². The van der Waals surface area contributed by atoms with Crippen molar-refractivity contribution in [3.8, 4) is 0 Å². The number of nitrogens with zero attached hydrogens (tertiary/aromatic N) is 4. The average molecular weight is 447 g/mol. The summed E-state index contributed by atoms with van der Waals surface area (Å²) in [6.45, 7) is 3.39. The van der Waals surface area contributed by atoms with E-state index in [1.165, 1.54) is 13.0 Å². The van der Waals surface area contributed by atoms with Crippen molar-refractivity contribution in [3.05, 3.63) is 59.3 Å². The molecule has 0 spiro atoms. The van der Waals surface area contributed by atoms with Crippen LogP contribution in [0.5, 0.6) is 0 Å². The number of hydrogen-bond donors (Lipinski definition) is 1. The number of benzene rings is 2. The van der Waals surface area contributed by atoms with Gasteiger partial charge in [-0.15, -0.1) is 5.10 Å². The second-order valence-electron chi connectivity index (χ2n) is 8.14. The number of fused-ring (bicyclic) bond motifs is 1. The van der Waals surface area contributed by atoms with E-state index >= 15 is 0 Å². The molecule has 0 radical (unpaired) electrons. The van der Waals surface area contributed by atoms with Crippen molar-refractivity contribution in [2.75, 3.05) is 43.6 Å². The first-order chi connectivity index (χ1) is 15.3. The molecule has 32 heavy (non-hydrogen) atoms. The van der Waals surface area contributed by atoms with Gasteiger partial charge >= 0.3 is 6.18 Å². The average Bonchev–Trinajstić information content (AvgIpc) is 2.77. The van der Waals surface area contributed by atoms with Crippen LogP contribution >= 0.6 is 0 Å². The molecular weight excluding hydrogens is 422 g/mol. The molecule has 9 heteroatoms. The van der Waals surface area contributed by atoms with Gasteiger partial charge in [-0.25, -0.2) is 4.39 Å². The van der Waals surface area contributed by atoms with Crippen molar-refractivity contribution >= 4 is 22.3 Å². The number of piperazine rings is 1. The lowest BCUT2D eigenvalue weighted by Crippen LogP contribution is -2.52. The minimum atomic E-state index is -4.39. The van der Waals surface area contributed by atoms with Crippen LogP contribution in [0.4, 0.5) is 29.1 Å². The first-order valence-corrected chi connectivity index (χ1v) is 10.4. The summed E-state index contributed by atoms with van der Waals surface area (Å²) in [5, 5.41) is 13.0. The van der Waals surface area contributed by atoms with Gasteiger partial charge in [-0.3, -0.25) is 4.90 Å². The summed E-state index contributed by atoms with van der Waals surface area (Å²) in [5.74, 6) is 0.498. The molecule has 1 unspecified atom stereocenters. The largest absolute Gasteiger partial charge is 0.416 e. The Bertz CT molecular complexity index is 1100. The smallest absolute Gasteiger partial charge is 0.369 e. The van der Waals surface area contributed by atoms with Gasteiger partial charge in [0, 0.05) is 42.6 Å². The second kappa shape index (κ2) is 8.90. The van der Waals surface area contributed by atoms with Gasteiger partial charge in [0.15, 0.2) is 5.82 Å². The molecule has 170 valence electrons. The summed E-state index contributed by atoms with van der Waals surface area (Å²) in [4.78, 5) is 4.16. The molecule has 1 N–H and O–H groups in total. The van der Waals surface area contributed by atoms with Crippen LogP contribution in [0.15, 0.2) is 42.6 Å². The zero-order valence-corrected chi connectivity index (χ0v) is 18.0. The lowest BCUT2D eigenvalue weighted by Gasteiger charge is -2.39. The molecule has 1 atom stereocenters. The highest BCUT2D eigenvalue weighted by Crippen LogP contribution is 2.33. The minimum absolute atomic E-state index is 0.156. The van der Waals surface area contributed by atoms with Gasteiger partial charge in [0.05, 0.1) is 17.8 Å². The minimum Gasteiger partial charge on any atom is -0.369 e. The number of hydrogen-bond acceptors (Lipinski definition) is 5. The Balaban J connectivity index is 1.60. The highest BCUT2D eigenvalue weighted by Gasteiger charge is 2.32. The summed E-state index contributed by atoms with van der Waals surface area (Å²) in [5.41, 5.74) is 1.05. The molecule has 2 heterocycles. The Hall–Kier alpha value is -2.94. The van der Waals surface area contributed by atoms with E-state index in [0.717, 1.165) is 35.6 Å². The predicted octanol–water partition coefficient (Wildman–Crippen LogP) is 4.66. The number of likely N-dealkylation sites (N-methyl/N-ethyl adjacent to an activating group) is 1. The molecule has 0 amide bonds. The molecular formula is C23H25F4N5. The van der Waals surface area contributed by atoms with Crippen LogP contribution in [0, 0.1) is 6.92 Å². The molecule has 3 aromatic rings. The van der Waals surface area contributed by atoms with Crippen LogP contribution in [-0.4, -0.2) is 54.5 Å². The molecule has 5 nitrogen and oxygen atoms in total. The Morgan fingerprint density at radius 3 is 2.72 bits per heavy atom. The lowest BCUT2D eigenvalue weighted by molar-refractivity contribution is -0.138.